The highest BCUT2D eigenvalue weighted by Gasteiger charge is 2.36. The van der Waals surface area contributed by atoms with Crippen LogP contribution in [0.4, 0.5) is 10.5 Å². The van der Waals surface area contributed by atoms with Crippen molar-refractivity contribution in [2.75, 3.05) is 25.6 Å². The maximum absolute atomic E-state index is 14.2. The molecule has 4 heterocycles. The van der Waals surface area contributed by atoms with Gasteiger partial charge < -0.3 is 29.0 Å². The molecule has 0 radical (unpaired) electrons. The van der Waals surface area contributed by atoms with Gasteiger partial charge in [0.1, 0.15) is 24.0 Å². The van der Waals surface area contributed by atoms with E-state index >= 15 is 0 Å². The lowest BCUT2D eigenvalue weighted by atomic mass is 9.95. The zero-order valence-electron chi connectivity index (χ0n) is 21.2. The molecule has 2 aromatic heterocycles. The first-order chi connectivity index (χ1) is 18.7. The van der Waals surface area contributed by atoms with Crippen molar-refractivity contribution in [3.05, 3.63) is 88.1 Å². The lowest BCUT2D eigenvalue weighted by Gasteiger charge is -2.31. The lowest BCUT2D eigenvalue weighted by Crippen LogP contribution is -2.38. The molecule has 8 heteroatoms. The van der Waals surface area contributed by atoms with Crippen molar-refractivity contribution in [3.8, 4) is 22.2 Å². The summed E-state index contributed by atoms with van der Waals surface area (Å²) in [5.41, 5.74) is 5.44. The number of thiophene rings is 1. The van der Waals surface area contributed by atoms with Crippen LogP contribution in [0.25, 0.3) is 5.00 Å². The number of aryl methyl sites for hydroxylation is 1. The average Bonchev–Trinajstić information content (AvgIpc) is 3.55. The van der Waals surface area contributed by atoms with Gasteiger partial charge in [0.15, 0.2) is 11.5 Å². The largest absolute Gasteiger partial charge is 0.497 e. The molecule has 38 heavy (non-hydrogen) atoms. The maximum atomic E-state index is 14.2. The molecule has 7 nitrogen and oxygen atoms in total. The number of carbonyl (C=O) groups is 1. The van der Waals surface area contributed by atoms with E-state index < -0.39 is 0 Å². The Bertz CT molecular complexity index is 1520. The fourth-order valence-corrected chi connectivity index (χ4v) is 7.27. The SMILES string of the molecule is COc1cccc([C@H]2c3cccn3-c3sc4c(c3CN2C(=O)Nc2ccc3c(c2)OCCO3)CCCC4)c1. The van der Waals surface area contributed by atoms with Crippen molar-refractivity contribution in [2.45, 2.75) is 38.3 Å². The number of ether oxygens (including phenoxy) is 3. The summed E-state index contributed by atoms with van der Waals surface area (Å²) in [4.78, 5) is 17.6. The van der Waals surface area contributed by atoms with Gasteiger partial charge in [0, 0.05) is 28.4 Å². The molecule has 1 aliphatic carbocycles. The van der Waals surface area contributed by atoms with E-state index in [9.17, 15) is 4.79 Å². The van der Waals surface area contributed by atoms with E-state index in [1.54, 1.807) is 7.11 Å². The molecular formula is C30H29N3O4S. The Morgan fingerprint density at radius 2 is 1.87 bits per heavy atom. The predicted molar refractivity (Wildman–Crippen MR) is 147 cm³/mol. The second kappa shape index (κ2) is 9.44. The van der Waals surface area contributed by atoms with Gasteiger partial charge in [0.2, 0.25) is 0 Å². The number of anilines is 1. The second-order valence-electron chi connectivity index (χ2n) is 9.89. The number of amides is 2. The van der Waals surface area contributed by atoms with Crippen LogP contribution in [0.3, 0.4) is 0 Å². The van der Waals surface area contributed by atoms with Gasteiger partial charge in [-0.1, -0.05) is 12.1 Å². The number of hydrogen-bond acceptors (Lipinski definition) is 5. The Morgan fingerprint density at radius 1 is 1.00 bits per heavy atom. The highest BCUT2D eigenvalue weighted by Crippen LogP contribution is 2.44. The monoisotopic (exact) mass is 527 g/mol. The first-order valence-electron chi connectivity index (χ1n) is 13.1. The van der Waals surface area contributed by atoms with Crippen LogP contribution in [0.1, 0.15) is 46.1 Å². The van der Waals surface area contributed by atoms with Gasteiger partial charge in [-0.15, -0.1) is 11.3 Å². The molecule has 1 N–H and O–H groups in total. The van der Waals surface area contributed by atoms with Crippen LogP contribution in [0.2, 0.25) is 0 Å². The van der Waals surface area contributed by atoms with Gasteiger partial charge in [0.05, 0.1) is 25.4 Å². The molecule has 0 spiro atoms. The summed E-state index contributed by atoms with van der Waals surface area (Å²) in [6, 6.07) is 17.3. The van der Waals surface area contributed by atoms with E-state index in [0.29, 0.717) is 36.9 Å². The molecule has 0 fully saturated rings. The second-order valence-corrected chi connectivity index (χ2v) is 11.0. The topological polar surface area (TPSA) is 65.0 Å². The van der Waals surface area contributed by atoms with E-state index in [1.165, 1.54) is 33.8 Å². The Kier molecular flexibility index (Phi) is 5.77. The predicted octanol–water partition coefficient (Wildman–Crippen LogP) is 6.33. The number of methoxy groups -OCH3 is 1. The molecule has 194 valence electrons. The zero-order chi connectivity index (χ0) is 25.6. The lowest BCUT2D eigenvalue weighted by molar-refractivity contribution is 0.171. The normalized spacial score (nSPS) is 17.6. The maximum Gasteiger partial charge on any atom is 0.322 e. The summed E-state index contributed by atoms with van der Waals surface area (Å²) in [7, 11) is 1.67. The van der Waals surface area contributed by atoms with Crippen LogP contribution in [0, 0.1) is 0 Å². The molecule has 2 aromatic carbocycles. The molecule has 1 atom stereocenters. The van der Waals surface area contributed by atoms with Crippen LogP contribution < -0.4 is 19.5 Å². The summed E-state index contributed by atoms with van der Waals surface area (Å²) in [5.74, 6) is 2.12. The van der Waals surface area contributed by atoms with Gasteiger partial charge in [0.25, 0.3) is 0 Å². The number of urea groups is 1. The van der Waals surface area contributed by atoms with Crippen LogP contribution in [0.15, 0.2) is 60.8 Å². The van der Waals surface area contributed by atoms with Crippen molar-refractivity contribution in [3.63, 3.8) is 0 Å². The molecular weight excluding hydrogens is 498 g/mol. The Balaban J connectivity index is 1.33. The number of aromatic nitrogens is 1. The fraction of sp³-hybridized carbons (Fsp3) is 0.300. The van der Waals surface area contributed by atoms with Crippen molar-refractivity contribution in [1.82, 2.24) is 9.47 Å². The molecule has 2 amide bonds. The van der Waals surface area contributed by atoms with Crippen LogP contribution in [-0.4, -0.2) is 35.8 Å². The standard InChI is InChI=1S/C30H29N3O4S/c1-35-21-7-4-6-19(16-21)28-24-9-5-13-32(24)29-23(22-8-2-3-10-27(22)38-29)18-33(28)30(34)31-20-11-12-25-26(17-20)37-15-14-36-25/h4-7,9,11-13,16-17,28H,2-3,8,10,14-15,18H2,1H3,(H,31,34)/t28-/m0/s1. The summed E-state index contributed by atoms with van der Waals surface area (Å²) >= 11 is 1.89. The minimum Gasteiger partial charge on any atom is -0.497 e. The first-order valence-corrected chi connectivity index (χ1v) is 13.9. The smallest absolute Gasteiger partial charge is 0.322 e. The van der Waals surface area contributed by atoms with Crippen molar-refractivity contribution in [2.24, 2.45) is 0 Å². The third-order valence-corrected chi connectivity index (χ3v) is 8.98. The quantitative estimate of drug-likeness (QED) is 0.338. The van der Waals surface area contributed by atoms with E-state index in [1.807, 2.05) is 52.6 Å². The molecule has 0 saturated carbocycles. The first kappa shape index (κ1) is 23.2. The number of fused-ring (bicyclic) bond motifs is 6. The molecule has 0 bridgehead atoms. The average molecular weight is 528 g/mol. The Labute approximate surface area is 225 Å². The van der Waals surface area contributed by atoms with E-state index in [0.717, 1.165) is 29.8 Å². The minimum atomic E-state index is -0.295. The highest BCUT2D eigenvalue weighted by atomic mass is 32.1. The molecule has 2 aliphatic heterocycles. The Hall–Kier alpha value is -3.91. The van der Waals surface area contributed by atoms with Gasteiger partial charge in [-0.05, 0) is 73.2 Å². The third-order valence-electron chi connectivity index (χ3n) is 7.64. The number of benzene rings is 2. The molecule has 3 aliphatic rings. The Morgan fingerprint density at radius 3 is 2.76 bits per heavy atom. The third kappa shape index (κ3) is 3.91. The summed E-state index contributed by atoms with van der Waals surface area (Å²) < 4.78 is 19.3. The van der Waals surface area contributed by atoms with Gasteiger partial charge >= 0.3 is 6.03 Å². The van der Waals surface area contributed by atoms with Gasteiger partial charge in [-0.2, -0.15) is 0 Å². The minimum absolute atomic E-state index is 0.161. The van der Waals surface area contributed by atoms with Crippen molar-refractivity contribution < 1.29 is 19.0 Å². The molecule has 0 saturated heterocycles. The number of nitrogens with one attached hydrogen (secondary N) is 1. The van der Waals surface area contributed by atoms with Gasteiger partial charge in [-0.25, -0.2) is 4.79 Å². The number of nitrogens with zero attached hydrogens (tertiary/aromatic N) is 2. The van der Waals surface area contributed by atoms with Crippen molar-refractivity contribution >= 4 is 23.1 Å². The molecule has 7 rings (SSSR count). The van der Waals surface area contributed by atoms with E-state index in [-0.39, 0.29) is 12.1 Å². The summed E-state index contributed by atoms with van der Waals surface area (Å²) in [5, 5.41) is 4.39. The molecule has 0 unspecified atom stereocenters. The summed E-state index contributed by atoms with van der Waals surface area (Å²) in [6.45, 7) is 1.56. The summed E-state index contributed by atoms with van der Waals surface area (Å²) in [6.07, 6.45) is 6.74. The molecule has 4 aromatic rings. The highest BCUT2D eigenvalue weighted by molar-refractivity contribution is 7.15. The van der Waals surface area contributed by atoms with E-state index in [2.05, 4.69) is 34.3 Å². The number of carbonyl (C=O) groups excluding carboxylic acids is 1. The zero-order valence-corrected chi connectivity index (χ0v) is 22.1. The van der Waals surface area contributed by atoms with Crippen LogP contribution in [0.5, 0.6) is 17.2 Å². The fourth-order valence-electron chi connectivity index (χ4n) is 5.87. The van der Waals surface area contributed by atoms with Crippen LogP contribution >= 0.6 is 11.3 Å². The number of rotatable bonds is 3. The number of hydrogen-bond donors (Lipinski definition) is 1. The van der Waals surface area contributed by atoms with Crippen LogP contribution in [-0.2, 0) is 19.4 Å². The van der Waals surface area contributed by atoms with Crippen molar-refractivity contribution in [1.29, 1.82) is 0 Å². The van der Waals surface area contributed by atoms with E-state index in [4.69, 9.17) is 14.2 Å². The van der Waals surface area contributed by atoms with Gasteiger partial charge in [-0.3, -0.25) is 0 Å².